The molecule has 0 unspecified atom stereocenters. The molecule has 4 nitrogen and oxygen atoms in total. The van der Waals surface area contributed by atoms with Crippen LogP contribution in [0.5, 0.6) is 17.2 Å². The Bertz CT molecular complexity index is 626. The number of halogens is 3. The summed E-state index contributed by atoms with van der Waals surface area (Å²) in [6.45, 7) is 0. The summed E-state index contributed by atoms with van der Waals surface area (Å²) in [4.78, 5) is 0. The van der Waals surface area contributed by atoms with Crippen LogP contribution in [0.2, 0.25) is 0 Å². The van der Waals surface area contributed by atoms with Crippen molar-refractivity contribution in [3.63, 3.8) is 0 Å². The molecule has 7 heteroatoms. The quantitative estimate of drug-likeness (QED) is 0.761. The van der Waals surface area contributed by atoms with E-state index in [0.717, 1.165) is 12.1 Å². The van der Waals surface area contributed by atoms with E-state index in [2.05, 4.69) is 4.74 Å². The van der Waals surface area contributed by atoms with Gasteiger partial charge in [-0.15, -0.1) is 13.2 Å². The minimum Gasteiger partial charge on any atom is -0.508 e. The van der Waals surface area contributed by atoms with Crippen molar-refractivity contribution in [2.24, 2.45) is 5.73 Å². The van der Waals surface area contributed by atoms with Crippen LogP contribution in [0.25, 0.3) is 0 Å². The molecule has 4 N–H and O–H groups in total. The Hall–Kier alpha value is -2.41. The summed E-state index contributed by atoms with van der Waals surface area (Å²) in [5.74, 6) is -0.551. The van der Waals surface area contributed by atoms with Gasteiger partial charge in [0.2, 0.25) is 0 Å². The molecule has 0 saturated carbocycles. The Morgan fingerprint density at radius 3 is 2.19 bits per heavy atom. The largest absolute Gasteiger partial charge is 0.573 e. The fourth-order valence-corrected chi connectivity index (χ4v) is 1.85. The smallest absolute Gasteiger partial charge is 0.508 e. The summed E-state index contributed by atoms with van der Waals surface area (Å²) < 4.78 is 39.9. The van der Waals surface area contributed by atoms with Crippen molar-refractivity contribution < 1.29 is 28.1 Å². The van der Waals surface area contributed by atoms with E-state index in [1.807, 2.05) is 0 Å². The third-order valence-corrected chi connectivity index (χ3v) is 2.82. The summed E-state index contributed by atoms with van der Waals surface area (Å²) in [5.41, 5.74) is 6.66. The first-order chi connectivity index (χ1) is 9.76. The fraction of sp³-hybridized carbons (Fsp3) is 0.143. The highest BCUT2D eigenvalue weighted by molar-refractivity contribution is 5.45. The van der Waals surface area contributed by atoms with Crippen molar-refractivity contribution in [1.29, 1.82) is 0 Å². The molecule has 0 fully saturated rings. The number of ether oxygens (including phenoxy) is 1. The van der Waals surface area contributed by atoms with Crippen LogP contribution in [-0.4, -0.2) is 16.6 Å². The van der Waals surface area contributed by atoms with Gasteiger partial charge in [0.15, 0.2) is 0 Å². The lowest BCUT2D eigenvalue weighted by Gasteiger charge is -2.15. The number of aromatic hydroxyl groups is 2. The number of hydrogen-bond acceptors (Lipinski definition) is 4. The Morgan fingerprint density at radius 2 is 1.62 bits per heavy atom. The molecule has 0 heterocycles. The van der Waals surface area contributed by atoms with Crippen molar-refractivity contribution >= 4 is 0 Å². The van der Waals surface area contributed by atoms with Crippen LogP contribution in [0.15, 0.2) is 42.5 Å². The highest BCUT2D eigenvalue weighted by Crippen LogP contribution is 2.31. The molecule has 0 aliphatic carbocycles. The van der Waals surface area contributed by atoms with Crippen molar-refractivity contribution in [1.82, 2.24) is 0 Å². The van der Waals surface area contributed by atoms with Crippen molar-refractivity contribution in [2.75, 3.05) is 0 Å². The van der Waals surface area contributed by atoms with Gasteiger partial charge in [0, 0.05) is 5.56 Å². The van der Waals surface area contributed by atoms with Gasteiger partial charge in [-0.2, -0.15) is 0 Å². The van der Waals surface area contributed by atoms with E-state index >= 15 is 0 Å². The third-order valence-electron chi connectivity index (χ3n) is 2.82. The van der Waals surface area contributed by atoms with Gasteiger partial charge in [0.1, 0.15) is 17.2 Å². The van der Waals surface area contributed by atoms with Crippen LogP contribution < -0.4 is 10.5 Å². The van der Waals surface area contributed by atoms with Gasteiger partial charge in [-0.05, 0) is 35.9 Å². The number of benzene rings is 2. The van der Waals surface area contributed by atoms with E-state index in [0.29, 0.717) is 5.56 Å². The summed E-state index contributed by atoms with van der Waals surface area (Å²) in [6, 6.07) is 8.05. The molecular formula is C14H12F3NO3. The Balaban J connectivity index is 2.24. The molecule has 1 atom stereocenters. The standard InChI is InChI=1S/C14H12F3NO3/c15-14(16,17)21-10-4-1-8(2-5-10)13(18)11-7-9(19)3-6-12(11)20/h1-7,13,19-20H,18H2/t13-/m0/s1. The zero-order chi connectivity index (χ0) is 15.6. The van der Waals surface area contributed by atoms with E-state index in [-0.39, 0.29) is 22.8 Å². The zero-order valence-corrected chi connectivity index (χ0v) is 10.6. The number of nitrogens with two attached hydrogens (primary N) is 1. The highest BCUT2D eigenvalue weighted by atomic mass is 19.4. The molecule has 2 aromatic rings. The molecule has 0 aliphatic rings. The number of rotatable bonds is 3. The maximum Gasteiger partial charge on any atom is 0.573 e. The Labute approximate surface area is 118 Å². The van der Waals surface area contributed by atoms with Crippen molar-refractivity contribution in [3.8, 4) is 17.2 Å². The van der Waals surface area contributed by atoms with Crippen LogP contribution in [0.4, 0.5) is 13.2 Å². The van der Waals surface area contributed by atoms with Crippen LogP contribution >= 0.6 is 0 Å². The van der Waals surface area contributed by atoms with Crippen LogP contribution in [0.1, 0.15) is 17.2 Å². The Morgan fingerprint density at radius 1 is 1.00 bits per heavy atom. The van der Waals surface area contributed by atoms with E-state index in [1.54, 1.807) is 0 Å². The van der Waals surface area contributed by atoms with Crippen molar-refractivity contribution in [3.05, 3.63) is 53.6 Å². The molecule has 2 rings (SSSR count). The fourth-order valence-electron chi connectivity index (χ4n) is 1.85. The lowest BCUT2D eigenvalue weighted by Crippen LogP contribution is -2.17. The normalized spacial score (nSPS) is 13.0. The van der Waals surface area contributed by atoms with Gasteiger partial charge in [0.05, 0.1) is 6.04 Å². The lowest BCUT2D eigenvalue weighted by molar-refractivity contribution is -0.274. The number of alkyl halides is 3. The molecule has 21 heavy (non-hydrogen) atoms. The topological polar surface area (TPSA) is 75.7 Å². The molecule has 112 valence electrons. The van der Waals surface area contributed by atoms with Gasteiger partial charge in [0.25, 0.3) is 0 Å². The van der Waals surface area contributed by atoms with Crippen LogP contribution in [0.3, 0.4) is 0 Å². The first-order valence-corrected chi connectivity index (χ1v) is 5.89. The second-order valence-corrected chi connectivity index (χ2v) is 4.34. The molecule has 0 radical (unpaired) electrons. The van der Waals surface area contributed by atoms with E-state index < -0.39 is 12.4 Å². The second-order valence-electron chi connectivity index (χ2n) is 4.34. The maximum absolute atomic E-state index is 12.1. The number of hydrogen-bond donors (Lipinski definition) is 3. The first kappa shape index (κ1) is 15.0. The number of phenols is 2. The molecule has 0 saturated heterocycles. The third kappa shape index (κ3) is 3.79. The van der Waals surface area contributed by atoms with E-state index in [4.69, 9.17) is 5.73 Å². The van der Waals surface area contributed by atoms with Crippen LogP contribution in [-0.2, 0) is 0 Å². The van der Waals surface area contributed by atoms with Crippen molar-refractivity contribution in [2.45, 2.75) is 12.4 Å². The molecule has 0 spiro atoms. The molecule has 0 aromatic heterocycles. The van der Waals surface area contributed by atoms with Gasteiger partial charge in [-0.25, -0.2) is 0 Å². The summed E-state index contributed by atoms with van der Waals surface area (Å²) >= 11 is 0. The highest BCUT2D eigenvalue weighted by Gasteiger charge is 2.31. The summed E-state index contributed by atoms with van der Waals surface area (Å²) in [6.07, 6.45) is -4.76. The zero-order valence-electron chi connectivity index (χ0n) is 10.6. The summed E-state index contributed by atoms with van der Waals surface area (Å²) in [5, 5.41) is 19.1. The predicted molar refractivity (Wildman–Crippen MR) is 68.9 cm³/mol. The van der Waals surface area contributed by atoms with Gasteiger partial charge in [-0.1, -0.05) is 12.1 Å². The SMILES string of the molecule is N[C@@H](c1ccc(OC(F)(F)F)cc1)c1cc(O)ccc1O. The second kappa shape index (κ2) is 5.53. The van der Waals surface area contributed by atoms with E-state index in [1.165, 1.54) is 30.3 Å². The minimum atomic E-state index is -4.76. The average Bonchev–Trinajstić information content (AvgIpc) is 2.40. The Kier molecular flexibility index (Phi) is 3.95. The van der Waals surface area contributed by atoms with E-state index in [9.17, 15) is 23.4 Å². The molecule has 0 bridgehead atoms. The maximum atomic E-state index is 12.1. The first-order valence-electron chi connectivity index (χ1n) is 5.89. The van der Waals surface area contributed by atoms with Gasteiger partial charge >= 0.3 is 6.36 Å². The van der Waals surface area contributed by atoms with Crippen LogP contribution in [0, 0.1) is 0 Å². The molecule has 2 aromatic carbocycles. The predicted octanol–water partition coefficient (Wildman–Crippen LogP) is 3.04. The molecule has 0 amide bonds. The summed E-state index contributed by atoms with van der Waals surface area (Å²) in [7, 11) is 0. The average molecular weight is 299 g/mol. The van der Waals surface area contributed by atoms with Gasteiger partial charge < -0.3 is 20.7 Å². The molecular weight excluding hydrogens is 287 g/mol. The van der Waals surface area contributed by atoms with Gasteiger partial charge in [-0.3, -0.25) is 0 Å². The number of phenolic OH excluding ortho intramolecular Hbond substituents is 2. The minimum absolute atomic E-state index is 0.0738. The lowest BCUT2D eigenvalue weighted by atomic mass is 9.98. The molecule has 0 aliphatic heterocycles. The monoisotopic (exact) mass is 299 g/mol.